The smallest absolute Gasteiger partial charge is 0.307 e. The Morgan fingerprint density at radius 1 is 1.17 bits per heavy atom. The number of carbonyl (C=O) groups excluding carboxylic acids is 2. The van der Waals surface area contributed by atoms with E-state index in [0.29, 0.717) is 16.9 Å². The number of nitrogen functional groups attached to an aromatic ring is 1. The van der Waals surface area contributed by atoms with E-state index in [0.717, 1.165) is 5.56 Å². The molecule has 1 aromatic carbocycles. The maximum absolute atomic E-state index is 12.4. The monoisotopic (exact) mass is 411 g/mol. The summed E-state index contributed by atoms with van der Waals surface area (Å²) in [5.74, 6) is -0.370. The summed E-state index contributed by atoms with van der Waals surface area (Å²) >= 11 is 0. The first-order chi connectivity index (χ1) is 14.3. The van der Waals surface area contributed by atoms with Crippen LogP contribution in [0.3, 0.4) is 0 Å². The number of benzene rings is 1. The molecule has 0 unspecified atom stereocenters. The Morgan fingerprint density at radius 3 is 2.47 bits per heavy atom. The molecule has 1 amide bonds. The van der Waals surface area contributed by atoms with Gasteiger partial charge in [0, 0.05) is 24.7 Å². The molecule has 0 aliphatic heterocycles. The number of esters is 1. The van der Waals surface area contributed by atoms with Crippen molar-refractivity contribution in [2.45, 2.75) is 6.42 Å². The highest BCUT2D eigenvalue weighted by atomic mass is 16.5. The number of hydrogen-bond donors (Lipinski definition) is 3. The lowest BCUT2D eigenvalue weighted by molar-refractivity contribution is -0.140. The second-order valence-corrected chi connectivity index (χ2v) is 6.30. The fraction of sp³-hybridized carbons (Fsp3) is 0.263. The highest BCUT2D eigenvalue weighted by molar-refractivity contribution is 5.95. The summed E-state index contributed by atoms with van der Waals surface area (Å²) in [5, 5.41) is 10.1. The van der Waals surface area contributed by atoms with Gasteiger partial charge in [-0.2, -0.15) is 4.98 Å². The van der Waals surface area contributed by atoms with Crippen molar-refractivity contribution in [2.75, 3.05) is 20.8 Å². The van der Waals surface area contributed by atoms with Gasteiger partial charge in [0.1, 0.15) is 11.7 Å². The van der Waals surface area contributed by atoms with Crippen LogP contribution >= 0.6 is 0 Å². The van der Waals surface area contributed by atoms with Crippen LogP contribution in [0.4, 0.5) is 0 Å². The standard InChI is InChI=1S/C19H21N7O4/c1-26-13-15(24-17(26)11-6-4-10(5-7-11)14(20)21)23-16(25-19(13)30-3)18(28)22-9-8-12(27)29-2/h4-7H,8-9H2,1-3H3,(H3,20,21)(H,22,28). The van der Waals surface area contributed by atoms with Gasteiger partial charge in [-0.25, -0.2) is 9.97 Å². The molecule has 0 spiro atoms. The molecule has 0 radical (unpaired) electrons. The van der Waals surface area contributed by atoms with Crippen LogP contribution in [0.15, 0.2) is 24.3 Å². The number of amidine groups is 1. The van der Waals surface area contributed by atoms with Crippen LogP contribution in [-0.2, 0) is 16.6 Å². The third kappa shape index (κ3) is 4.04. The van der Waals surface area contributed by atoms with Crippen molar-refractivity contribution in [3.05, 3.63) is 35.7 Å². The van der Waals surface area contributed by atoms with Crippen molar-refractivity contribution in [3.63, 3.8) is 0 Å². The number of ether oxygens (including phenoxy) is 2. The van der Waals surface area contributed by atoms with Gasteiger partial charge in [0.2, 0.25) is 11.7 Å². The third-order valence-corrected chi connectivity index (χ3v) is 4.39. The minimum absolute atomic E-state index is 0.0260. The minimum Gasteiger partial charge on any atom is -0.479 e. The van der Waals surface area contributed by atoms with Crippen LogP contribution < -0.4 is 15.8 Å². The number of hydrogen-bond acceptors (Lipinski definition) is 8. The van der Waals surface area contributed by atoms with Gasteiger partial charge in [-0.15, -0.1) is 0 Å². The highest BCUT2D eigenvalue weighted by Crippen LogP contribution is 2.28. The number of nitrogens with zero attached hydrogens (tertiary/aromatic N) is 4. The van der Waals surface area contributed by atoms with Crippen molar-refractivity contribution in [1.82, 2.24) is 24.8 Å². The van der Waals surface area contributed by atoms with Crippen LogP contribution in [0.5, 0.6) is 5.88 Å². The molecular weight excluding hydrogens is 390 g/mol. The average Bonchev–Trinajstić information content (AvgIpc) is 3.09. The molecule has 3 aromatic rings. The second-order valence-electron chi connectivity index (χ2n) is 6.30. The normalized spacial score (nSPS) is 10.6. The number of aryl methyl sites for hydroxylation is 1. The van der Waals surface area contributed by atoms with Crippen LogP contribution in [-0.4, -0.2) is 58.0 Å². The Labute approximate surface area is 171 Å². The van der Waals surface area contributed by atoms with E-state index >= 15 is 0 Å². The Morgan fingerprint density at radius 2 is 1.87 bits per heavy atom. The highest BCUT2D eigenvalue weighted by Gasteiger charge is 2.21. The zero-order valence-corrected chi connectivity index (χ0v) is 16.7. The SMILES string of the molecule is COC(=O)CCNC(=O)c1nc(OC)c2c(n1)nc(-c1ccc(C(=N)N)cc1)n2C. The van der Waals surface area contributed by atoms with E-state index in [1.54, 1.807) is 35.9 Å². The number of carbonyl (C=O) groups is 2. The fourth-order valence-corrected chi connectivity index (χ4v) is 2.84. The van der Waals surface area contributed by atoms with E-state index in [1.807, 2.05) is 0 Å². The van der Waals surface area contributed by atoms with Crippen LogP contribution in [0.2, 0.25) is 0 Å². The topological polar surface area (TPSA) is 158 Å². The summed E-state index contributed by atoms with van der Waals surface area (Å²) in [6.07, 6.45) is 0.0333. The molecule has 0 fully saturated rings. The molecule has 0 aliphatic rings. The zero-order chi connectivity index (χ0) is 21.8. The number of fused-ring (bicyclic) bond motifs is 1. The Kier molecular flexibility index (Phi) is 5.90. The summed E-state index contributed by atoms with van der Waals surface area (Å²) in [5.41, 5.74) is 7.68. The van der Waals surface area contributed by atoms with E-state index in [4.69, 9.17) is 15.9 Å². The second kappa shape index (κ2) is 8.55. The van der Waals surface area contributed by atoms with Gasteiger partial charge in [0.15, 0.2) is 11.2 Å². The number of amides is 1. The molecule has 156 valence electrons. The molecular formula is C19H21N7O4. The fourth-order valence-electron chi connectivity index (χ4n) is 2.84. The van der Waals surface area contributed by atoms with Crippen LogP contribution in [0.1, 0.15) is 22.6 Å². The van der Waals surface area contributed by atoms with Gasteiger partial charge >= 0.3 is 5.97 Å². The number of rotatable bonds is 7. The Balaban J connectivity index is 1.95. The average molecular weight is 411 g/mol. The summed E-state index contributed by atoms with van der Waals surface area (Å²) in [6.45, 7) is 0.0885. The van der Waals surface area contributed by atoms with Gasteiger partial charge in [0.05, 0.1) is 20.6 Å². The van der Waals surface area contributed by atoms with Crippen molar-refractivity contribution in [1.29, 1.82) is 5.41 Å². The summed E-state index contributed by atoms with van der Waals surface area (Å²) < 4.78 is 11.6. The predicted molar refractivity (Wildman–Crippen MR) is 108 cm³/mol. The molecule has 0 atom stereocenters. The predicted octanol–water partition coefficient (Wildman–Crippen LogP) is 0.616. The summed E-state index contributed by atoms with van der Waals surface area (Å²) in [7, 11) is 4.50. The largest absolute Gasteiger partial charge is 0.479 e. The van der Waals surface area contributed by atoms with E-state index in [1.165, 1.54) is 14.2 Å². The maximum atomic E-state index is 12.4. The molecule has 2 heterocycles. The molecule has 2 aromatic heterocycles. The first-order valence-electron chi connectivity index (χ1n) is 8.94. The van der Waals surface area contributed by atoms with Crippen molar-refractivity contribution < 1.29 is 19.1 Å². The lowest BCUT2D eigenvalue weighted by atomic mass is 10.1. The molecule has 0 bridgehead atoms. The summed E-state index contributed by atoms with van der Waals surface area (Å²) in [6, 6.07) is 7.02. The molecule has 11 nitrogen and oxygen atoms in total. The molecule has 0 saturated heterocycles. The van der Waals surface area contributed by atoms with E-state index < -0.39 is 11.9 Å². The number of imidazole rings is 1. The first kappa shape index (κ1) is 20.7. The first-order valence-corrected chi connectivity index (χ1v) is 8.94. The maximum Gasteiger partial charge on any atom is 0.307 e. The number of nitrogens with one attached hydrogen (secondary N) is 2. The third-order valence-electron chi connectivity index (χ3n) is 4.39. The molecule has 0 saturated carbocycles. The van der Waals surface area contributed by atoms with Gasteiger partial charge < -0.3 is 25.1 Å². The van der Waals surface area contributed by atoms with Crippen molar-refractivity contribution >= 4 is 28.9 Å². The van der Waals surface area contributed by atoms with Crippen molar-refractivity contribution in [3.8, 4) is 17.3 Å². The van der Waals surface area contributed by atoms with E-state index in [9.17, 15) is 9.59 Å². The zero-order valence-electron chi connectivity index (χ0n) is 16.7. The van der Waals surface area contributed by atoms with E-state index in [-0.39, 0.29) is 36.2 Å². The van der Waals surface area contributed by atoms with Crippen LogP contribution in [0.25, 0.3) is 22.6 Å². The van der Waals surface area contributed by atoms with Gasteiger partial charge in [-0.05, 0) is 0 Å². The molecule has 0 aliphatic carbocycles. The quantitative estimate of drug-likeness (QED) is 0.290. The minimum atomic E-state index is -0.558. The number of nitrogens with two attached hydrogens (primary N) is 1. The van der Waals surface area contributed by atoms with Gasteiger partial charge in [-0.3, -0.25) is 15.0 Å². The lowest BCUT2D eigenvalue weighted by Gasteiger charge is -2.07. The lowest BCUT2D eigenvalue weighted by Crippen LogP contribution is -2.28. The molecule has 30 heavy (non-hydrogen) atoms. The van der Waals surface area contributed by atoms with Crippen LogP contribution in [0, 0.1) is 5.41 Å². The molecule has 3 rings (SSSR count). The Bertz CT molecular complexity index is 1120. The Hall–Kier alpha value is -4.02. The van der Waals surface area contributed by atoms with Crippen molar-refractivity contribution in [2.24, 2.45) is 12.8 Å². The molecule has 4 N–H and O–H groups in total. The number of aromatic nitrogens is 4. The van der Waals surface area contributed by atoms with E-state index in [2.05, 4.69) is 25.0 Å². The summed E-state index contributed by atoms with van der Waals surface area (Å²) in [4.78, 5) is 36.5. The van der Waals surface area contributed by atoms with Gasteiger partial charge in [0.25, 0.3) is 5.91 Å². The number of methoxy groups -OCH3 is 2. The molecule has 11 heteroatoms. The van der Waals surface area contributed by atoms with Gasteiger partial charge in [-0.1, -0.05) is 24.3 Å².